The number of amides is 1. The van der Waals surface area contributed by atoms with Gasteiger partial charge in [0.25, 0.3) is 5.91 Å². The van der Waals surface area contributed by atoms with Crippen LogP contribution in [-0.4, -0.2) is 41.9 Å². The Bertz CT molecular complexity index is 747. The first-order valence-corrected chi connectivity index (χ1v) is 7.12. The van der Waals surface area contributed by atoms with E-state index in [1.54, 1.807) is 13.1 Å². The normalized spacial score (nSPS) is 14.9. The summed E-state index contributed by atoms with van der Waals surface area (Å²) in [5, 5.41) is 11.0. The third kappa shape index (κ3) is 2.68. The van der Waals surface area contributed by atoms with Crippen molar-refractivity contribution in [2.24, 2.45) is 7.05 Å². The lowest BCUT2D eigenvalue weighted by Gasteiger charge is -2.27. The van der Waals surface area contributed by atoms with Crippen molar-refractivity contribution in [3.8, 4) is 0 Å². The van der Waals surface area contributed by atoms with E-state index in [1.807, 2.05) is 6.92 Å². The van der Waals surface area contributed by atoms with Crippen molar-refractivity contribution in [3.05, 3.63) is 29.1 Å². The summed E-state index contributed by atoms with van der Waals surface area (Å²) in [5.74, 6) is -1.16. The van der Waals surface area contributed by atoms with Crippen LogP contribution in [0.15, 0.2) is 6.07 Å². The molecule has 1 aliphatic heterocycles. The van der Waals surface area contributed by atoms with Crippen LogP contribution in [0.2, 0.25) is 0 Å². The van der Waals surface area contributed by atoms with Crippen LogP contribution in [0.1, 0.15) is 34.8 Å². The SMILES string of the molecule is CCc1cc(C(=O)N2CCn3c(nnc3C(F)(F)F)C2)n(C)n1. The van der Waals surface area contributed by atoms with Gasteiger partial charge in [0.2, 0.25) is 5.82 Å². The number of carbonyl (C=O) groups excluding carboxylic acids is 1. The molecule has 0 fully saturated rings. The molecule has 2 aromatic rings. The number of carbonyl (C=O) groups is 1. The van der Waals surface area contributed by atoms with Gasteiger partial charge >= 0.3 is 6.18 Å². The molecule has 0 radical (unpaired) electrons. The van der Waals surface area contributed by atoms with Crippen molar-refractivity contribution in [1.29, 1.82) is 0 Å². The summed E-state index contributed by atoms with van der Waals surface area (Å²) in [6, 6.07) is 1.70. The average Bonchev–Trinajstić information content (AvgIpc) is 3.08. The van der Waals surface area contributed by atoms with E-state index in [9.17, 15) is 18.0 Å². The fourth-order valence-electron chi connectivity index (χ4n) is 2.60. The summed E-state index contributed by atoms with van der Waals surface area (Å²) in [6.45, 7) is 2.11. The average molecular weight is 328 g/mol. The Morgan fingerprint density at radius 2 is 2.04 bits per heavy atom. The maximum atomic E-state index is 12.8. The fraction of sp³-hybridized carbons (Fsp3) is 0.538. The molecule has 0 aromatic carbocycles. The molecule has 0 saturated heterocycles. The maximum Gasteiger partial charge on any atom is 0.451 e. The minimum Gasteiger partial charge on any atom is -0.328 e. The van der Waals surface area contributed by atoms with E-state index in [0.29, 0.717) is 12.1 Å². The topological polar surface area (TPSA) is 68.8 Å². The van der Waals surface area contributed by atoms with E-state index in [-0.39, 0.29) is 31.4 Å². The predicted octanol–water partition coefficient (Wildman–Crippen LogP) is 1.25. The summed E-state index contributed by atoms with van der Waals surface area (Å²) in [6.07, 6.45) is -3.85. The van der Waals surface area contributed by atoms with Crippen LogP contribution in [-0.2, 0) is 32.7 Å². The van der Waals surface area contributed by atoms with Gasteiger partial charge in [-0.1, -0.05) is 6.92 Å². The summed E-state index contributed by atoms with van der Waals surface area (Å²) in [5.41, 5.74) is 1.20. The molecular weight excluding hydrogens is 313 g/mol. The Kier molecular flexibility index (Phi) is 3.61. The Morgan fingerprint density at radius 3 is 2.65 bits per heavy atom. The van der Waals surface area contributed by atoms with E-state index in [0.717, 1.165) is 10.3 Å². The van der Waals surface area contributed by atoms with Crippen LogP contribution in [0.3, 0.4) is 0 Å². The highest BCUT2D eigenvalue weighted by atomic mass is 19.4. The smallest absolute Gasteiger partial charge is 0.328 e. The van der Waals surface area contributed by atoms with Gasteiger partial charge in [-0.3, -0.25) is 9.48 Å². The number of aromatic nitrogens is 5. The molecule has 124 valence electrons. The molecule has 0 aliphatic carbocycles. The van der Waals surface area contributed by atoms with Crippen LogP contribution in [0.5, 0.6) is 0 Å². The number of rotatable bonds is 2. The molecule has 1 aliphatic rings. The third-order valence-electron chi connectivity index (χ3n) is 3.81. The molecule has 0 saturated carbocycles. The van der Waals surface area contributed by atoms with E-state index < -0.39 is 12.0 Å². The van der Waals surface area contributed by atoms with Gasteiger partial charge in [0.1, 0.15) is 5.69 Å². The number of hydrogen-bond donors (Lipinski definition) is 0. The molecular formula is C13H15F3N6O. The van der Waals surface area contributed by atoms with Crippen molar-refractivity contribution in [2.75, 3.05) is 6.54 Å². The lowest BCUT2D eigenvalue weighted by molar-refractivity contribution is -0.147. The van der Waals surface area contributed by atoms with Gasteiger partial charge in [-0.25, -0.2) is 0 Å². The molecule has 0 unspecified atom stereocenters. The highest BCUT2D eigenvalue weighted by molar-refractivity contribution is 5.92. The second kappa shape index (κ2) is 5.36. The fourth-order valence-corrected chi connectivity index (χ4v) is 2.60. The predicted molar refractivity (Wildman–Crippen MR) is 72.4 cm³/mol. The minimum atomic E-state index is -4.55. The van der Waals surface area contributed by atoms with E-state index in [2.05, 4.69) is 15.3 Å². The molecule has 0 N–H and O–H groups in total. The Hall–Kier alpha value is -2.39. The molecule has 2 aromatic heterocycles. The first-order chi connectivity index (χ1) is 10.8. The number of hydrogen-bond acceptors (Lipinski definition) is 4. The van der Waals surface area contributed by atoms with Crippen molar-refractivity contribution in [1.82, 2.24) is 29.4 Å². The van der Waals surface area contributed by atoms with Crippen molar-refractivity contribution < 1.29 is 18.0 Å². The number of halogens is 3. The molecule has 23 heavy (non-hydrogen) atoms. The van der Waals surface area contributed by atoms with Crippen LogP contribution in [0, 0.1) is 0 Å². The summed E-state index contributed by atoms with van der Waals surface area (Å²) < 4.78 is 40.9. The summed E-state index contributed by atoms with van der Waals surface area (Å²) in [4.78, 5) is 14.0. The molecule has 0 bridgehead atoms. The van der Waals surface area contributed by atoms with E-state index >= 15 is 0 Å². The zero-order valence-electron chi connectivity index (χ0n) is 12.6. The summed E-state index contributed by atoms with van der Waals surface area (Å²) >= 11 is 0. The maximum absolute atomic E-state index is 12.8. The standard InChI is InChI=1S/C13H15F3N6O/c1-3-8-6-9(20(2)19-8)11(23)21-4-5-22-10(7-21)17-18-12(22)13(14,15)16/h6H,3-5,7H2,1-2H3. The van der Waals surface area contributed by atoms with Crippen LogP contribution >= 0.6 is 0 Å². The lowest BCUT2D eigenvalue weighted by atomic mass is 10.2. The highest BCUT2D eigenvalue weighted by Gasteiger charge is 2.40. The van der Waals surface area contributed by atoms with Gasteiger partial charge in [-0.05, 0) is 12.5 Å². The van der Waals surface area contributed by atoms with E-state index in [1.165, 1.54) is 9.58 Å². The van der Waals surface area contributed by atoms with Gasteiger partial charge in [0.05, 0.1) is 12.2 Å². The Balaban J connectivity index is 1.83. The molecule has 0 spiro atoms. The van der Waals surface area contributed by atoms with Gasteiger partial charge in [-0.2, -0.15) is 18.3 Å². The quantitative estimate of drug-likeness (QED) is 0.832. The monoisotopic (exact) mass is 328 g/mol. The molecule has 3 rings (SSSR count). The number of nitrogens with zero attached hydrogens (tertiary/aromatic N) is 6. The Morgan fingerprint density at radius 1 is 1.30 bits per heavy atom. The van der Waals surface area contributed by atoms with Crippen molar-refractivity contribution in [2.45, 2.75) is 32.6 Å². The van der Waals surface area contributed by atoms with Crippen molar-refractivity contribution >= 4 is 5.91 Å². The number of fused-ring (bicyclic) bond motifs is 1. The highest BCUT2D eigenvalue weighted by Crippen LogP contribution is 2.29. The van der Waals surface area contributed by atoms with Crippen LogP contribution in [0.4, 0.5) is 13.2 Å². The van der Waals surface area contributed by atoms with Gasteiger partial charge < -0.3 is 9.47 Å². The Labute approximate surface area is 129 Å². The molecule has 7 nitrogen and oxygen atoms in total. The van der Waals surface area contributed by atoms with Gasteiger partial charge in [-0.15, -0.1) is 10.2 Å². The third-order valence-corrected chi connectivity index (χ3v) is 3.81. The van der Waals surface area contributed by atoms with Crippen LogP contribution in [0.25, 0.3) is 0 Å². The minimum absolute atomic E-state index is 0.00541. The molecule has 10 heteroatoms. The molecule has 0 atom stereocenters. The summed E-state index contributed by atoms with van der Waals surface area (Å²) in [7, 11) is 1.67. The van der Waals surface area contributed by atoms with Gasteiger partial charge in [0.15, 0.2) is 5.82 Å². The number of alkyl halides is 3. The first-order valence-electron chi connectivity index (χ1n) is 7.12. The van der Waals surface area contributed by atoms with E-state index in [4.69, 9.17) is 0 Å². The second-order valence-corrected chi connectivity index (χ2v) is 5.31. The molecule has 1 amide bonds. The zero-order chi connectivity index (χ0) is 16.8. The van der Waals surface area contributed by atoms with Gasteiger partial charge in [0, 0.05) is 20.1 Å². The largest absolute Gasteiger partial charge is 0.451 e. The second-order valence-electron chi connectivity index (χ2n) is 5.31. The molecule has 3 heterocycles. The lowest BCUT2D eigenvalue weighted by Crippen LogP contribution is -2.40. The zero-order valence-corrected chi connectivity index (χ0v) is 12.6. The first kappa shape index (κ1) is 15.5. The van der Waals surface area contributed by atoms with Crippen LogP contribution < -0.4 is 0 Å². The van der Waals surface area contributed by atoms with Crippen molar-refractivity contribution in [3.63, 3.8) is 0 Å². The number of aryl methyl sites for hydroxylation is 2.